The first-order chi connectivity index (χ1) is 18.1. The molecule has 2 atom stereocenters. The Kier molecular flexibility index (Phi) is 6.21. The number of nitrogens with zero attached hydrogens (tertiary/aromatic N) is 5. The highest BCUT2D eigenvalue weighted by atomic mass is 32.2. The van der Waals surface area contributed by atoms with Gasteiger partial charge in [-0.1, -0.05) is 11.3 Å². The van der Waals surface area contributed by atoms with Gasteiger partial charge in [0.15, 0.2) is 9.84 Å². The molecule has 3 aromatic heterocycles. The fourth-order valence-electron chi connectivity index (χ4n) is 5.26. The molecular weight excluding hydrogens is 538 g/mol. The highest BCUT2D eigenvalue weighted by molar-refractivity contribution is 7.91. The molecule has 0 radical (unpaired) electrons. The number of aromatic nitrogens is 5. The van der Waals surface area contributed by atoms with Gasteiger partial charge in [0.1, 0.15) is 10.8 Å². The minimum absolute atomic E-state index is 0.0649. The molecule has 0 aromatic carbocycles. The van der Waals surface area contributed by atoms with Crippen LogP contribution in [0.25, 0.3) is 16.4 Å². The van der Waals surface area contributed by atoms with E-state index in [-0.39, 0.29) is 29.1 Å². The van der Waals surface area contributed by atoms with Crippen LogP contribution in [0.1, 0.15) is 54.8 Å². The second kappa shape index (κ2) is 9.33. The van der Waals surface area contributed by atoms with Crippen LogP contribution >= 0.6 is 11.3 Å². The van der Waals surface area contributed by atoms with Crippen molar-refractivity contribution in [2.24, 2.45) is 5.92 Å². The van der Waals surface area contributed by atoms with Crippen LogP contribution in [0.2, 0.25) is 0 Å². The lowest BCUT2D eigenvalue weighted by atomic mass is 9.84. The Morgan fingerprint density at radius 3 is 2.79 bits per heavy atom. The summed E-state index contributed by atoms with van der Waals surface area (Å²) in [7, 11) is -3.17. The van der Waals surface area contributed by atoms with Gasteiger partial charge < -0.3 is 10.1 Å². The van der Waals surface area contributed by atoms with Crippen molar-refractivity contribution in [3.8, 4) is 22.1 Å². The van der Waals surface area contributed by atoms with Crippen LogP contribution < -0.4 is 10.1 Å². The van der Waals surface area contributed by atoms with E-state index in [2.05, 4.69) is 25.2 Å². The molecule has 2 aliphatic carbocycles. The summed E-state index contributed by atoms with van der Waals surface area (Å²) in [6, 6.07) is 1.47. The van der Waals surface area contributed by atoms with E-state index in [0.717, 1.165) is 29.1 Å². The molecule has 1 saturated carbocycles. The lowest BCUT2D eigenvalue weighted by Crippen LogP contribution is -2.50. The van der Waals surface area contributed by atoms with E-state index >= 15 is 0 Å². The van der Waals surface area contributed by atoms with Gasteiger partial charge in [-0.15, -0.1) is 10.2 Å². The van der Waals surface area contributed by atoms with Gasteiger partial charge in [0.25, 0.3) is 0 Å². The topological polar surface area (TPSA) is 129 Å². The van der Waals surface area contributed by atoms with E-state index < -0.39 is 22.0 Å². The molecule has 0 bridgehead atoms. The molecule has 1 unspecified atom stereocenters. The van der Waals surface area contributed by atoms with Crippen LogP contribution in [0.15, 0.2) is 18.5 Å². The van der Waals surface area contributed by atoms with Crippen LogP contribution in [0, 0.1) is 5.92 Å². The Morgan fingerprint density at radius 2 is 2.08 bits per heavy atom. The van der Waals surface area contributed by atoms with Crippen molar-refractivity contribution >= 4 is 27.1 Å². The third-order valence-electron chi connectivity index (χ3n) is 7.32. The molecule has 0 spiro atoms. The summed E-state index contributed by atoms with van der Waals surface area (Å²) in [5, 5.41) is 18.0. The van der Waals surface area contributed by atoms with Crippen molar-refractivity contribution in [1.29, 1.82) is 0 Å². The monoisotopic (exact) mass is 564 g/mol. The number of ether oxygens (including phenoxy) is 1. The van der Waals surface area contributed by atoms with Crippen LogP contribution in [0.5, 0.6) is 5.75 Å². The van der Waals surface area contributed by atoms with Crippen molar-refractivity contribution in [1.82, 2.24) is 30.3 Å². The number of hydrogen-bond acceptors (Lipinski definition) is 9. The zero-order valence-electron chi connectivity index (χ0n) is 20.6. The molecule has 1 saturated heterocycles. The summed E-state index contributed by atoms with van der Waals surface area (Å²) in [4.78, 5) is 17.3. The zero-order valence-corrected chi connectivity index (χ0v) is 22.2. The minimum Gasteiger partial charge on any atom is -0.433 e. The average Bonchev–Trinajstić information content (AvgIpc) is 3.35. The Hall–Kier alpha value is -3.00. The van der Waals surface area contributed by atoms with E-state index in [1.165, 1.54) is 23.6 Å². The normalized spacial score (nSPS) is 24.4. The highest BCUT2D eigenvalue weighted by Gasteiger charge is 2.41. The molecule has 10 nitrogen and oxygen atoms in total. The molecule has 202 valence electrons. The van der Waals surface area contributed by atoms with Crippen molar-refractivity contribution in [2.75, 3.05) is 11.5 Å². The average molecular weight is 565 g/mol. The number of rotatable bonds is 7. The van der Waals surface area contributed by atoms with Crippen LogP contribution in [0.4, 0.5) is 8.78 Å². The molecule has 3 aromatic rings. The number of fused-ring (bicyclic) bond motifs is 1. The summed E-state index contributed by atoms with van der Waals surface area (Å²) in [6.45, 7) is -1.20. The molecule has 1 N–H and O–H groups in total. The van der Waals surface area contributed by atoms with Crippen LogP contribution in [-0.2, 0) is 27.5 Å². The number of carbonyl (C=O) groups is 1. The third kappa shape index (κ3) is 5.03. The van der Waals surface area contributed by atoms with Gasteiger partial charge in [0.05, 0.1) is 34.6 Å². The van der Waals surface area contributed by atoms with E-state index in [1.54, 1.807) is 17.8 Å². The smallest absolute Gasteiger partial charge is 0.387 e. The molecule has 1 amide bonds. The SMILES string of the molecule is C[C@]1(NC(=O)C2CCc3c(-c4cncc(OC(F)F)c4)nn(-c4nnc(C5CC5)s4)c3C2)CCS(=O)(=O)C1. The molecule has 1 aliphatic heterocycles. The lowest BCUT2D eigenvalue weighted by Gasteiger charge is -2.29. The van der Waals surface area contributed by atoms with Crippen molar-refractivity contribution in [3.63, 3.8) is 0 Å². The number of amides is 1. The fourth-order valence-corrected chi connectivity index (χ4v) is 8.34. The maximum Gasteiger partial charge on any atom is 0.387 e. The first kappa shape index (κ1) is 25.3. The van der Waals surface area contributed by atoms with E-state index in [1.807, 2.05) is 0 Å². The summed E-state index contributed by atoms with van der Waals surface area (Å²) in [5.74, 6) is -0.216. The zero-order chi connectivity index (χ0) is 26.7. The summed E-state index contributed by atoms with van der Waals surface area (Å²) >= 11 is 1.46. The number of pyridine rings is 1. The lowest BCUT2D eigenvalue weighted by molar-refractivity contribution is -0.126. The minimum atomic E-state index is -3.17. The maximum absolute atomic E-state index is 13.3. The first-order valence-electron chi connectivity index (χ1n) is 12.5. The number of carbonyl (C=O) groups excluding carboxylic acids is 1. The summed E-state index contributed by atoms with van der Waals surface area (Å²) in [6.07, 6.45) is 6.73. The van der Waals surface area contributed by atoms with Crippen LogP contribution in [0.3, 0.4) is 0 Å². The Morgan fingerprint density at radius 1 is 1.26 bits per heavy atom. The second-order valence-corrected chi connectivity index (χ2v) is 13.7. The van der Waals surface area contributed by atoms with E-state index in [9.17, 15) is 22.0 Å². The number of halogens is 2. The van der Waals surface area contributed by atoms with E-state index in [0.29, 0.717) is 48.0 Å². The number of sulfone groups is 1. The first-order valence-corrected chi connectivity index (χ1v) is 15.1. The van der Waals surface area contributed by atoms with Gasteiger partial charge in [0.2, 0.25) is 11.0 Å². The summed E-state index contributed by atoms with van der Waals surface area (Å²) < 4.78 is 55.9. The van der Waals surface area contributed by atoms with E-state index in [4.69, 9.17) is 5.10 Å². The van der Waals surface area contributed by atoms with Gasteiger partial charge in [-0.2, -0.15) is 13.9 Å². The second-order valence-electron chi connectivity index (χ2n) is 10.5. The quantitative estimate of drug-likeness (QED) is 0.464. The van der Waals surface area contributed by atoms with Gasteiger partial charge in [0, 0.05) is 35.6 Å². The standard InChI is InChI=1S/C24H26F2N6O4S2/c1-24(6-7-38(34,35)12-24)28-20(33)14-4-5-17-18(9-14)32(23-30-29-21(37-23)13-2-3-13)31-19(17)15-8-16(11-27-10-15)36-22(25)26/h8,10-11,13-14,22H,2-7,9,12H2,1H3,(H,28,33)/t14?,24-/m0/s1. The number of nitrogens with one attached hydrogen (secondary N) is 1. The Bertz CT molecular complexity index is 1500. The predicted molar refractivity (Wildman–Crippen MR) is 134 cm³/mol. The summed E-state index contributed by atoms with van der Waals surface area (Å²) in [5.41, 5.74) is 2.01. The maximum atomic E-state index is 13.3. The molecule has 14 heteroatoms. The van der Waals surface area contributed by atoms with Crippen molar-refractivity contribution in [2.45, 2.75) is 63.5 Å². The third-order valence-corrected chi connectivity index (χ3v) is 10.3. The van der Waals surface area contributed by atoms with Gasteiger partial charge in [-0.3, -0.25) is 9.78 Å². The van der Waals surface area contributed by atoms with Crippen molar-refractivity contribution < 1.29 is 26.7 Å². The molecule has 38 heavy (non-hydrogen) atoms. The molecule has 2 fully saturated rings. The molecular formula is C24H26F2N6O4S2. The fraction of sp³-hybridized carbons (Fsp3) is 0.542. The van der Waals surface area contributed by atoms with Crippen LogP contribution in [-0.4, -0.2) is 62.9 Å². The van der Waals surface area contributed by atoms with Crippen molar-refractivity contribution in [3.05, 3.63) is 34.7 Å². The highest BCUT2D eigenvalue weighted by Crippen LogP contribution is 2.43. The molecule has 4 heterocycles. The number of alkyl halides is 2. The largest absolute Gasteiger partial charge is 0.433 e. The Balaban J connectivity index is 1.33. The van der Waals surface area contributed by atoms with Gasteiger partial charge >= 0.3 is 6.61 Å². The molecule has 3 aliphatic rings. The number of hydrogen-bond donors (Lipinski definition) is 1. The predicted octanol–water partition coefficient (Wildman–Crippen LogP) is 3.06. The Labute approximate surface area is 221 Å². The molecule has 6 rings (SSSR count). The van der Waals surface area contributed by atoms with Gasteiger partial charge in [-0.05, 0) is 45.1 Å². The van der Waals surface area contributed by atoms with Gasteiger partial charge in [-0.25, -0.2) is 13.1 Å².